The molecule has 0 rings (SSSR count). The number of rotatable bonds is 11. The molecule has 3 nitrogen and oxygen atoms in total. The Kier molecular flexibility index (Phi) is 9.91. The van der Waals surface area contributed by atoms with E-state index in [4.69, 9.17) is 0 Å². The highest BCUT2D eigenvalue weighted by Crippen LogP contribution is 2.13. The van der Waals surface area contributed by atoms with Gasteiger partial charge in [0.15, 0.2) is 0 Å². The first-order valence-electron chi connectivity index (χ1n) is 7.89. The lowest BCUT2D eigenvalue weighted by atomic mass is 9.97. The molecule has 0 aromatic rings. The van der Waals surface area contributed by atoms with Gasteiger partial charge in [-0.1, -0.05) is 26.7 Å². The van der Waals surface area contributed by atoms with Crippen LogP contribution in [0.3, 0.4) is 0 Å². The van der Waals surface area contributed by atoms with E-state index in [0.717, 1.165) is 25.9 Å². The number of nitriles is 1. The molecular weight excluding hydrogens is 234 g/mol. The van der Waals surface area contributed by atoms with Crippen molar-refractivity contribution < 1.29 is 0 Å². The summed E-state index contributed by atoms with van der Waals surface area (Å²) in [7, 11) is 0. The maximum atomic E-state index is 9.24. The summed E-state index contributed by atoms with van der Waals surface area (Å²) in [5.74, 6) is 0. The zero-order chi connectivity index (χ0) is 14.7. The molecular formula is C16H33N3. The van der Waals surface area contributed by atoms with Gasteiger partial charge in [0.1, 0.15) is 5.54 Å². The first kappa shape index (κ1) is 18.4. The smallest absolute Gasteiger partial charge is 0.103 e. The average molecular weight is 267 g/mol. The number of nitrogens with one attached hydrogen (secondary N) is 1. The summed E-state index contributed by atoms with van der Waals surface area (Å²) in [6, 6.07) is 3.01. The van der Waals surface area contributed by atoms with E-state index in [9.17, 15) is 5.26 Å². The number of nitrogens with zero attached hydrogens (tertiary/aromatic N) is 2. The summed E-state index contributed by atoms with van der Waals surface area (Å²) < 4.78 is 0. The lowest BCUT2D eigenvalue weighted by Gasteiger charge is -2.28. The Morgan fingerprint density at radius 1 is 1.16 bits per heavy atom. The molecule has 0 aliphatic carbocycles. The van der Waals surface area contributed by atoms with Crippen LogP contribution >= 0.6 is 0 Å². The first-order chi connectivity index (χ1) is 8.99. The third kappa shape index (κ3) is 8.23. The normalized spacial score (nSPS) is 14.6. The molecule has 1 atom stereocenters. The number of hydrogen-bond donors (Lipinski definition) is 1. The van der Waals surface area contributed by atoms with E-state index in [-0.39, 0.29) is 5.54 Å². The van der Waals surface area contributed by atoms with Crippen LogP contribution in [-0.2, 0) is 0 Å². The van der Waals surface area contributed by atoms with Crippen molar-refractivity contribution in [2.75, 3.05) is 19.6 Å². The number of unbranched alkanes of at least 4 members (excludes halogenated alkanes) is 2. The zero-order valence-electron chi connectivity index (χ0n) is 13.6. The fourth-order valence-electron chi connectivity index (χ4n) is 2.40. The van der Waals surface area contributed by atoms with Gasteiger partial charge in [-0.05, 0) is 59.7 Å². The van der Waals surface area contributed by atoms with Crippen LogP contribution in [0.1, 0.15) is 66.7 Å². The molecule has 19 heavy (non-hydrogen) atoms. The highest BCUT2D eigenvalue weighted by Gasteiger charge is 2.22. The van der Waals surface area contributed by atoms with Crippen LogP contribution in [0.5, 0.6) is 0 Å². The van der Waals surface area contributed by atoms with E-state index < -0.39 is 0 Å². The largest absolute Gasteiger partial charge is 0.301 e. The van der Waals surface area contributed by atoms with Gasteiger partial charge >= 0.3 is 0 Å². The Morgan fingerprint density at radius 2 is 1.79 bits per heavy atom. The van der Waals surface area contributed by atoms with Crippen LogP contribution < -0.4 is 5.32 Å². The molecule has 3 heteroatoms. The van der Waals surface area contributed by atoms with Crippen LogP contribution in [0.2, 0.25) is 0 Å². The highest BCUT2D eigenvalue weighted by molar-refractivity contribution is 5.03. The second kappa shape index (κ2) is 10.2. The van der Waals surface area contributed by atoms with Crippen LogP contribution in [0, 0.1) is 11.3 Å². The minimum atomic E-state index is -0.360. The molecule has 0 aromatic heterocycles. The predicted octanol–water partition coefficient (Wildman–Crippen LogP) is 3.56. The van der Waals surface area contributed by atoms with Gasteiger partial charge in [-0.25, -0.2) is 0 Å². The minimum Gasteiger partial charge on any atom is -0.301 e. The van der Waals surface area contributed by atoms with Crippen LogP contribution in [0.25, 0.3) is 0 Å². The monoisotopic (exact) mass is 267 g/mol. The molecule has 0 radical (unpaired) electrons. The van der Waals surface area contributed by atoms with Crippen molar-refractivity contribution in [2.45, 2.75) is 78.3 Å². The van der Waals surface area contributed by atoms with E-state index in [1.165, 1.54) is 25.8 Å². The van der Waals surface area contributed by atoms with Gasteiger partial charge < -0.3 is 4.90 Å². The minimum absolute atomic E-state index is 0.360. The van der Waals surface area contributed by atoms with E-state index >= 15 is 0 Å². The maximum Gasteiger partial charge on any atom is 0.103 e. The third-order valence-corrected chi connectivity index (χ3v) is 3.71. The fourth-order valence-corrected chi connectivity index (χ4v) is 2.40. The summed E-state index contributed by atoms with van der Waals surface area (Å²) in [4.78, 5) is 2.54. The van der Waals surface area contributed by atoms with Crippen molar-refractivity contribution in [1.29, 1.82) is 5.26 Å². The standard InChI is InChI=1S/C16H33N3/c1-6-8-9-12-19(15(3)4)13-10-11-16(5,14-17)18-7-2/h15,18H,6-13H2,1-5H3. The molecule has 0 heterocycles. The summed E-state index contributed by atoms with van der Waals surface area (Å²) in [6.45, 7) is 14.0. The Labute approximate surface area is 120 Å². The summed E-state index contributed by atoms with van der Waals surface area (Å²) in [6.07, 6.45) is 5.89. The lowest BCUT2D eigenvalue weighted by molar-refractivity contribution is 0.207. The maximum absolute atomic E-state index is 9.24. The first-order valence-corrected chi connectivity index (χ1v) is 7.89. The van der Waals surface area contributed by atoms with Gasteiger partial charge in [0.25, 0.3) is 0 Å². The fraction of sp³-hybridized carbons (Fsp3) is 0.938. The molecule has 0 saturated heterocycles. The molecule has 1 unspecified atom stereocenters. The van der Waals surface area contributed by atoms with Crippen LogP contribution in [-0.4, -0.2) is 36.1 Å². The quantitative estimate of drug-likeness (QED) is 0.582. The average Bonchev–Trinajstić information content (AvgIpc) is 2.37. The predicted molar refractivity (Wildman–Crippen MR) is 83.2 cm³/mol. The summed E-state index contributed by atoms with van der Waals surface area (Å²) in [5.41, 5.74) is -0.360. The van der Waals surface area contributed by atoms with Gasteiger partial charge in [0.2, 0.25) is 0 Å². The lowest BCUT2D eigenvalue weighted by Crippen LogP contribution is -2.42. The van der Waals surface area contributed by atoms with Gasteiger partial charge in [-0.2, -0.15) is 5.26 Å². The van der Waals surface area contributed by atoms with Crippen molar-refractivity contribution in [2.24, 2.45) is 0 Å². The van der Waals surface area contributed by atoms with E-state index in [1.807, 2.05) is 6.92 Å². The van der Waals surface area contributed by atoms with Crippen molar-refractivity contribution in [3.8, 4) is 6.07 Å². The van der Waals surface area contributed by atoms with Gasteiger partial charge in [0, 0.05) is 6.04 Å². The molecule has 0 bridgehead atoms. The van der Waals surface area contributed by atoms with Crippen molar-refractivity contribution >= 4 is 0 Å². The summed E-state index contributed by atoms with van der Waals surface area (Å²) >= 11 is 0. The van der Waals surface area contributed by atoms with E-state index in [2.05, 4.69) is 44.0 Å². The highest BCUT2D eigenvalue weighted by atomic mass is 15.1. The molecule has 0 saturated carbocycles. The Bertz CT molecular complexity index is 257. The number of hydrogen-bond acceptors (Lipinski definition) is 3. The van der Waals surface area contributed by atoms with Gasteiger partial charge in [0.05, 0.1) is 6.07 Å². The second-order valence-electron chi connectivity index (χ2n) is 5.91. The van der Waals surface area contributed by atoms with E-state index in [1.54, 1.807) is 0 Å². The molecule has 0 amide bonds. The molecule has 0 aromatic carbocycles. The van der Waals surface area contributed by atoms with Gasteiger partial charge in [-0.3, -0.25) is 5.32 Å². The molecule has 0 fully saturated rings. The van der Waals surface area contributed by atoms with Crippen molar-refractivity contribution in [3.05, 3.63) is 0 Å². The molecule has 1 N–H and O–H groups in total. The zero-order valence-corrected chi connectivity index (χ0v) is 13.6. The molecule has 0 spiro atoms. The second-order valence-corrected chi connectivity index (χ2v) is 5.91. The third-order valence-electron chi connectivity index (χ3n) is 3.71. The Morgan fingerprint density at radius 3 is 2.26 bits per heavy atom. The molecule has 0 aliphatic heterocycles. The van der Waals surface area contributed by atoms with Crippen molar-refractivity contribution in [3.63, 3.8) is 0 Å². The Hall–Kier alpha value is -0.590. The Balaban J connectivity index is 4.08. The SMILES string of the molecule is CCCCCN(CCCC(C)(C#N)NCC)C(C)C. The van der Waals surface area contributed by atoms with Crippen molar-refractivity contribution in [1.82, 2.24) is 10.2 Å². The van der Waals surface area contributed by atoms with Gasteiger partial charge in [-0.15, -0.1) is 0 Å². The topological polar surface area (TPSA) is 39.1 Å². The van der Waals surface area contributed by atoms with E-state index in [0.29, 0.717) is 6.04 Å². The molecule has 0 aliphatic rings. The van der Waals surface area contributed by atoms with Crippen LogP contribution in [0.4, 0.5) is 0 Å². The molecule has 112 valence electrons. The summed E-state index contributed by atoms with van der Waals surface area (Å²) in [5, 5.41) is 12.5. The van der Waals surface area contributed by atoms with Crippen LogP contribution in [0.15, 0.2) is 0 Å².